The summed E-state index contributed by atoms with van der Waals surface area (Å²) in [7, 11) is -3.31. The van der Waals surface area contributed by atoms with Gasteiger partial charge in [0.1, 0.15) is 0 Å². The van der Waals surface area contributed by atoms with E-state index in [2.05, 4.69) is 0 Å². The molecule has 0 saturated heterocycles. The molecule has 0 aliphatic rings. The van der Waals surface area contributed by atoms with Gasteiger partial charge in [-0.3, -0.25) is 0 Å². The van der Waals surface area contributed by atoms with Gasteiger partial charge in [-0.1, -0.05) is 24.6 Å². The lowest BCUT2D eigenvalue weighted by Gasteiger charge is -2.09. The first-order chi connectivity index (χ1) is 7.65. The second-order valence-corrected chi connectivity index (χ2v) is 6.24. The molecule has 96 valence electrons. The maximum Gasteiger partial charge on any atom is 0.416 e. The summed E-state index contributed by atoms with van der Waals surface area (Å²) < 4.78 is 59.6. The molecule has 0 N–H and O–H groups in total. The average Bonchev–Trinajstić information content (AvgIpc) is 2.19. The summed E-state index contributed by atoms with van der Waals surface area (Å²) in [5.41, 5.74) is -0.707. The predicted octanol–water partition coefficient (Wildman–Crippen LogP) is 3.29. The molecule has 0 radical (unpaired) electrons. The van der Waals surface area contributed by atoms with Crippen molar-refractivity contribution in [2.75, 3.05) is 5.75 Å². The van der Waals surface area contributed by atoms with E-state index < -0.39 is 21.6 Å². The van der Waals surface area contributed by atoms with Crippen molar-refractivity contribution in [1.29, 1.82) is 0 Å². The van der Waals surface area contributed by atoms with Crippen LogP contribution in [0.4, 0.5) is 13.2 Å². The van der Waals surface area contributed by atoms with E-state index in [1.807, 2.05) is 0 Å². The Bertz CT molecular complexity index is 509. The third-order valence-corrected chi connectivity index (χ3v) is 4.18. The molecule has 0 spiro atoms. The summed E-state index contributed by atoms with van der Waals surface area (Å²) in [6, 6.07) is 2.66. The lowest BCUT2D eigenvalue weighted by atomic mass is 10.1. The van der Waals surface area contributed by atoms with Crippen LogP contribution in [0.1, 0.15) is 18.1 Å². The summed E-state index contributed by atoms with van der Waals surface area (Å²) in [5, 5.41) is -0.183. The maximum atomic E-state index is 12.3. The molecule has 0 aromatic heterocycles. The second-order valence-electron chi connectivity index (χ2n) is 3.48. The van der Waals surface area contributed by atoms with Crippen molar-refractivity contribution in [2.45, 2.75) is 18.9 Å². The molecule has 1 aromatic rings. The standard InChI is InChI=1S/C10H10ClF3O2S/c1-2-17(15,16)6-7-3-4-8(5-9(7)11)10(12,13)14/h3-5H,2,6H2,1H3. The van der Waals surface area contributed by atoms with E-state index in [1.54, 1.807) is 0 Å². The number of hydrogen-bond donors (Lipinski definition) is 0. The summed E-state index contributed by atoms with van der Waals surface area (Å²) >= 11 is 5.63. The topological polar surface area (TPSA) is 34.1 Å². The number of hydrogen-bond acceptors (Lipinski definition) is 2. The molecule has 0 bridgehead atoms. The van der Waals surface area contributed by atoms with E-state index in [0.717, 1.165) is 18.2 Å². The lowest BCUT2D eigenvalue weighted by molar-refractivity contribution is -0.137. The fraction of sp³-hybridized carbons (Fsp3) is 0.400. The zero-order valence-electron chi connectivity index (χ0n) is 8.88. The molecular formula is C10H10ClF3O2S. The lowest BCUT2D eigenvalue weighted by Crippen LogP contribution is -2.09. The first-order valence-electron chi connectivity index (χ1n) is 4.72. The van der Waals surface area contributed by atoms with E-state index in [-0.39, 0.29) is 22.1 Å². The Morgan fingerprint density at radius 2 is 1.88 bits per heavy atom. The van der Waals surface area contributed by atoms with Gasteiger partial charge in [0.15, 0.2) is 9.84 Å². The number of sulfone groups is 1. The summed E-state index contributed by atoms with van der Waals surface area (Å²) in [6.45, 7) is 1.47. The van der Waals surface area contributed by atoms with Gasteiger partial charge in [-0.2, -0.15) is 13.2 Å². The van der Waals surface area contributed by atoms with Crippen molar-refractivity contribution in [3.05, 3.63) is 34.3 Å². The van der Waals surface area contributed by atoms with Gasteiger partial charge in [0.25, 0.3) is 0 Å². The van der Waals surface area contributed by atoms with Crippen LogP contribution in [0, 0.1) is 0 Å². The molecule has 0 amide bonds. The molecule has 0 fully saturated rings. The molecule has 0 unspecified atom stereocenters. The van der Waals surface area contributed by atoms with Crippen molar-refractivity contribution in [1.82, 2.24) is 0 Å². The summed E-state index contributed by atoms with van der Waals surface area (Å²) in [6.07, 6.45) is -4.48. The molecule has 0 aliphatic heterocycles. The Hall–Kier alpha value is -0.750. The van der Waals surface area contributed by atoms with Crippen molar-refractivity contribution in [3.63, 3.8) is 0 Å². The second kappa shape index (κ2) is 4.86. The Kier molecular flexibility index (Phi) is 4.09. The third-order valence-electron chi connectivity index (χ3n) is 2.20. The number of alkyl halides is 3. The van der Waals surface area contributed by atoms with Crippen LogP contribution in [0.15, 0.2) is 18.2 Å². The normalized spacial score (nSPS) is 12.8. The minimum atomic E-state index is -4.48. The SMILES string of the molecule is CCS(=O)(=O)Cc1ccc(C(F)(F)F)cc1Cl. The molecule has 17 heavy (non-hydrogen) atoms. The van der Waals surface area contributed by atoms with Crippen molar-refractivity contribution >= 4 is 21.4 Å². The highest BCUT2D eigenvalue weighted by atomic mass is 35.5. The molecule has 0 saturated carbocycles. The molecule has 2 nitrogen and oxygen atoms in total. The van der Waals surface area contributed by atoms with Gasteiger partial charge in [-0.05, 0) is 17.7 Å². The van der Waals surface area contributed by atoms with Gasteiger partial charge in [-0.25, -0.2) is 8.42 Å². The average molecular weight is 287 g/mol. The summed E-state index contributed by atoms with van der Waals surface area (Å²) in [4.78, 5) is 0. The first kappa shape index (κ1) is 14.3. The third kappa shape index (κ3) is 3.89. The maximum absolute atomic E-state index is 12.3. The monoisotopic (exact) mass is 286 g/mol. The quantitative estimate of drug-likeness (QED) is 0.854. The molecule has 1 aromatic carbocycles. The zero-order chi connectivity index (χ0) is 13.3. The van der Waals surface area contributed by atoms with Gasteiger partial charge in [0.05, 0.1) is 11.3 Å². The highest BCUT2D eigenvalue weighted by Gasteiger charge is 2.31. The Labute approximate surface area is 102 Å². The molecule has 0 heterocycles. The fourth-order valence-corrected chi connectivity index (χ4v) is 2.44. The molecule has 0 aliphatic carbocycles. The van der Waals surface area contributed by atoms with Crippen LogP contribution < -0.4 is 0 Å². The number of halogens is 4. The van der Waals surface area contributed by atoms with Crippen LogP contribution in [-0.4, -0.2) is 14.2 Å². The Morgan fingerprint density at radius 3 is 2.29 bits per heavy atom. The van der Waals surface area contributed by atoms with E-state index in [4.69, 9.17) is 11.6 Å². The predicted molar refractivity (Wildman–Crippen MR) is 59.6 cm³/mol. The Balaban J connectivity index is 3.07. The van der Waals surface area contributed by atoms with Crippen LogP contribution in [0.5, 0.6) is 0 Å². The van der Waals surface area contributed by atoms with Crippen LogP contribution in [0.3, 0.4) is 0 Å². The molecular weight excluding hydrogens is 277 g/mol. The van der Waals surface area contributed by atoms with Gasteiger partial charge in [-0.15, -0.1) is 0 Å². The molecule has 0 atom stereocenters. The van der Waals surface area contributed by atoms with Gasteiger partial charge in [0.2, 0.25) is 0 Å². The Morgan fingerprint density at radius 1 is 1.29 bits per heavy atom. The van der Waals surface area contributed by atoms with Crippen molar-refractivity contribution in [3.8, 4) is 0 Å². The van der Waals surface area contributed by atoms with E-state index in [1.165, 1.54) is 6.92 Å². The molecule has 7 heteroatoms. The molecule has 1 rings (SSSR count). The van der Waals surface area contributed by atoms with E-state index in [0.29, 0.717) is 0 Å². The van der Waals surface area contributed by atoms with Crippen LogP contribution in [0.2, 0.25) is 5.02 Å². The van der Waals surface area contributed by atoms with Gasteiger partial charge < -0.3 is 0 Å². The first-order valence-corrected chi connectivity index (χ1v) is 6.91. The van der Waals surface area contributed by atoms with Crippen LogP contribution in [-0.2, 0) is 21.8 Å². The fourth-order valence-electron chi connectivity index (χ4n) is 1.18. The van der Waals surface area contributed by atoms with Gasteiger partial charge >= 0.3 is 6.18 Å². The van der Waals surface area contributed by atoms with Crippen LogP contribution in [0.25, 0.3) is 0 Å². The van der Waals surface area contributed by atoms with Crippen molar-refractivity contribution in [2.24, 2.45) is 0 Å². The number of benzene rings is 1. The van der Waals surface area contributed by atoms with E-state index in [9.17, 15) is 21.6 Å². The highest BCUT2D eigenvalue weighted by Crippen LogP contribution is 2.32. The smallest absolute Gasteiger partial charge is 0.229 e. The number of rotatable bonds is 3. The van der Waals surface area contributed by atoms with Crippen molar-refractivity contribution < 1.29 is 21.6 Å². The minimum absolute atomic E-state index is 0.0790. The largest absolute Gasteiger partial charge is 0.416 e. The zero-order valence-corrected chi connectivity index (χ0v) is 10.5. The van der Waals surface area contributed by atoms with E-state index >= 15 is 0 Å². The summed E-state index contributed by atoms with van der Waals surface area (Å²) in [5.74, 6) is -0.426. The van der Waals surface area contributed by atoms with Gasteiger partial charge in [0, 0.05) is 10.8 Å². The minimum Gasteiger partial charge on any atom is -0.229 e. The van der Waals surface area contributed by atoms with Crippen LogP contribution >= 0.6 is 11.6 Å². The highest BCUT2D eigenvalue weighted by molar-refractivity contribution is 7.90.